The summed E-state index contributed by atoms with van der Waals surface area (Å²) in [6.07, 6.45) is 0. The van der Waals surface area contributed by atoms with Crippen molar-refractivity contribution in [1.29, 1.82) is 0 Å². The van der Waals surface area contributed by atoms with E-state index in [0.717, 1.165) is 4.90 Å². The summed E-state index contributed by atoms with van der Waals surface area (Å²) in [6, 6.07) is 0. The quantitative estimate of drug-likeness (QED) is 0.136. The molecule has 3 N–H and O–H groups in total. The van der Waals surface area contributed by atoms with Gasteiger partial charge in [0.05, 0.1) is 59.1 Å². The van der Waals surface area contributed by atoms with E-state index in [9.17, 15) is 57.5 Å². The van der Waals surface area contributed by atoms with E-state index >= 15 is 0 Å². The van der Waals surface area contributed by atoms with Crippen LogP contribution in [0.5, 0.6) is 0 Å². The Bertz CT molecular complexity index is 1150. The van der Waals surface area contributed by atoms with Crippen LogP contribution in [0.15, 0.2) is 0 Å². The second-order valence-corrected chi connectivity index (χ2v) is 7.12. The number of imide groups is 6. The monoisotopic (exact) mass is 1080 g/mol. The Morgan fingerprint density at radius 3 is 0.689 bits per heavy atom. The van der Waals surface area contributed by atoms with Gasteiger partial charge < -0.3 is 97.3 Å². The van der Waals surface area contributed by atoms with Crippen LogP contribution in [0.2, 0.25) is 0 Å². The van der Waals surface area contributed by atoms with E-state index in [0.29, 0.717) is 6.47 Å². The van der Waals surface area contributed by atoms with Crippen LogP contribution in [0, 0.1) is 23.7 Å². The molecule has 27 heteroatoms. The molecule has 6 saturated heterocycles. The largest absolute Gasteiger partial charge is 3.00 e. The smallest absolute Gasteiger partial charge is 0.665 e. The molecule has 0 aromatic carbocycles. The van der Waals surface area contributed by atoms with Crippen molar-refractivity contribution < 1.29 is 269 Å². The third-order valence-corrected chi connectivity index (χ3v) is 5.47. The van der Waals surface area contributed by atoms with Gasteiger partial charge in [0, 0.05) is 171 Å². The van der Waals surface area contributed by atoms with E-state index in [1.165, 1.54) is 7.05 Å². The Kier molecular flexibility index (Phi) is 27.4. The first kappa shape index (κ1) is 58.1. The average Bonchev–Trinajstić information content (AvgIpc) is 2.79. The van der Waals surface area contributed by atoms with Gasteiger partial charge in [0.25, 0.3) is 11.8 Å². The summed E-state index contributed by atoms with van der Waals surface area (Å²) in [6.45, 7) is 0.500. The first-order valence-corrected chi connectivity index (χ1v) is 9.01. The second kappa shape index (κ2) is 21.2. The summed E-state index contributed by atoms with van der Waals surface area (Å²) in [5, 5.41) is 20.9. The molecule has 0 bridgehead atoms. The van der Waals surface area contributed by atoms with Crippen LogP contribution in [0.25, 0.3) is 26.6 Å². The van der Waals surface area contributed by atoms with Gasteiger partial charge in [0.15, 0.2) is 0 Å². The molecule has 0 aromatic rings. The predicted octanol–water partition coefficient (Wildman–Crippen LogP) is -4.66. The maximum atomic E-state index is 11.0. The molecular formula is C18H9N6O15Y6-4. The third-order valence-electron chi connectivity index (χ3n) is 5.47. The molecule has 12 amide bonds. The van der Waals surface area contributed by atoms with E-state index in [1.54, 1.807) is 0 Å². The number of carbonyl (C=O) groups excluding carboxylic acids is 12. The van der Waals surface area contributed by atoms with Gasteiger partial charge in [0.1, 0.15) is 10.8 Å². The van der Waals surface area contributed by atoms with Crippen molar-refractivity contribution in [2.75, 3.05) is 7.05 Å². The second-order valence-electron chi connectivity index (χ2n) is 7.12. The molecule has 6 fully saturated rings. The van der Waals surface area contributed by atoms with E-state index in [1.807, 2.05) is 0 Å². The number of amides is 12. The molecule has 0 aromatic heterocycles. The summed E-state index contributed by atoms with van der Waals surface area (Å²) in [5.74, 6) is -11.2. The number of aliphatic hydroxyl groups excluding tert-OH is 1. The van der Waals surface area contributed by atoms with Crippen molar-refractivity contribution in [2.45, 2.75) is 0 Å². The Morgan fingerprint density at radius 1 is 0.489 bits per heavy atom. The Hall–Kier alpha value is 0.893. The Balaban J connectivity index is -0.000000112. The fraction of sp³-hybridized carbons (Fsp3) is 0.222. The minimum Gasteiger partial charge on any atom is -0.665 e. The van der Waals surface area contributed by atoms with Crippen molar-refractivity contribution in [1.82, 2.24) is 4.90 Å². The van der Waals surface area contributed by atoms with Crippen molar-refractivity contribution in [3.05, 3.63) is 34.0 Å². The van der Waals surface area contributed by atoms with Crippen LogP contribution in [0.1, 0.15) is 0 Å². The summed E-state index contributed by atoms with van der Waals surface area (Å²) in [5.41, 5.74) is -6.27. The molecule has 3 spiro atoms. The molecular weight excluding hydrogens is 1070 g/mol. The first-order valence-electron chi connectivity index (χ1n) is 9.01. The van der Waals surface area contributed by atoms with E-state index in [2.05, 4.69) is 26.6 Å². The number of carbonyl (C=O) groups is 12. The summed E-state index contributed by atoms with van der Waals surface area (Å²) >= 11 is 0. The van der Waals surface area contributed by atoms with Gasteiger partial charge in [-0.25, -0.2) is 0 Å². The SMILES string of the molecule is CN1C(=O)C2(C(=O)[N-]C2=O)C1=O.O.O=C1[N-]C(=O)C12C(=O)[N-]C2=O.O=C1[N-]C(=O)C12C(=O)[N-]C2=O.O=[C-]O.[CH3-].[Y+3].[Y].[Y].[Y].[Y].[Y]. The number of hydrogen-bond donors (Lipinski definition) is 1. The zero-order valence-corrected chi connectivity index (χ0v) is 39.4. The summed E-state index contributed by atoms with van der Waals surface area (Å²) < 4.78 is 0. The minimum absolute atomic E-state index is 0. The van der Waals surface area contributed by atoms with Gasteiger partial charge in [-0.3, -0.25) is 14.5 Å². The standard InChI is InChI=1S/C6H4N2O4.2C5H2N2O4.CHO2.CH3.H2O.6Y/c1-8-4(11)6(5(8)12)2(9)7-3(6)10;2*8-1-5(2(9)6-1)3(10)7-4(5)11;2-1-3;;;;;;;;/h1H3,(H,7,9,10);2*(H2,6,7,8,9,10,11);(H,2,3);1H3;1H2;;;;;;/q;;;2*-1;;;;;;;+3/p-5. The topological polar surface area (TPSA) is 347 Å². The molecule has 0 atom stereocenters. The number of hydrogen-bond acceptors (Lipinski definition) is 13. The molecule has 0 saturated carbocycles. The number of β-lactam (4-membered cyclic amide) rings is 12. The van der Waals surface area contributed by atoms with Crippen LogP contribution < -0.4 is 0 Å². The van der Waals surface area contributed by atoms with E-state index < -0.39 is 87.1 Å². The normalized spacial score (nSPS) is 19.4. The zero-order valence-electron chi connectivity index (χ0n) is 22.4. The Morgan fingerprint density at radius 2 is 0.622 bits per heavy atom. The fourth-order valence-corrected chi connectivity index (χ4v) is 3.22. The van der Waals surface area contributed by atoms with Crippen LogP contribution in [0.3, 0.4) is 0 Å². The van der Waals surface area contributed by atoms with Gasteiger partial charge in [0.2, 0.25) is 5.41 Å². The van der Waals surface area contributed by atoms with Crippen molar-refractivity contribution in [3.8, 4) is 0 Å². The van der Waals surface area contributed by atoms with Gasteiger partial charge in [-0.1, -0.05) is 6.47 Å². The Labute approximate surface area is 401 Å². The molecule has 6 aliphatic heterocycles. The number of likely N-dealkylation sites (tertiary alicyclic amines) is 1. The van der Waals surface area contributed by atoms with E-state index in [4.69, 9.17) is 9.90 Å². The first-order chi connectivity index (χ1) is 17.1. The molecule has 6 aliphatic rings. The van der Waals surface area contributed by atoms with Crippen LogP contribution in [-0.4, -0.2) is 99.9 Å². The molecule has 5 radical (unpaired) electrons. The maximum Gasteiger partial charge on any atom is 3.00 e. The molecule has 6 rings (SSSR count). The molecule has 21 nitrogen and oxygen atoms in total. The van der Waals surface area contributed by atoms with Gasteiger partial charge in [-0.2, -0.15) is 0 Å². The van der Waals surface area contributed by atoms with Crippen LogP contribution in [0.4, 0.5) is 0 Å². The van der Waals surface area contributed by atoms with Crippen LogP contribution in [-0.2, 0) is 259 Å². The van der Waals surface area contributed by atoms with Gasteiger partial charge >= 0.3 is 32.7 Å². The predicted molar refractivity (Wildman–Crippen MR) is 110 cm³/mol. The van der Waals surface area contributed by atoms with Gasteiger partial charge in [-0.05, 0) is 0 Å². The maximum absolute atomic E-state index is 11.0. The molecule has 0 aliphatic carbocycles. The van der Waals surface area contributed by atoms with Crippen molar-refractivity contribution in [2.24, 2.45) is 16.2 Å². The molecule has 0 unspecified atom stereocenters. The zero-order chi connectivity index (χ0) is 28.2. The summed E-state index contributed by atoms with van der Waals surface area (Å²) in [4.78, 5) is 137. The number of rotatable bonds is 0. The van der Waals surface area contributed by atoms with Gasteiger partial charge in [-0.15, -0.1) is 0 Å². The van der Waals surface area contributed by atoms with Crippen molar-refractivity contribution in [3.63, 3.8) is 0 Å². The minimum atomic E-state index is -2.11. The van der Waals surface area contributed by atoms with E-state index in [-0.39, 0.29) is 209 Å². The van der Waals surface area contributed by atoms with Crippen molar-refractivity contribution >= 4 is 77.4 Å². The average molecular weight is 1080 g/mol. The molecule has 223 valence electrons. The third kappa shape index (κ3) is 8.11. The molecule has 6 heterocycles. The summed E-state index contributed by atoms with van der Waals surface area (Å²) in [7, 11) is 1.22. The number of nitrogens with zero attached hydrogens (tertiary/aromatic N) is 6. The van der Waals surface area contributed by atoms with Crippen LogP contribution >= 0.6 is 0 Å². The molecule has 45 heavy (non-hydrogen) atoms. The fourth-order valence-electron chi connectivity index (χ4n) is 3.22.